The first-order valence-corrected chi connectivity index (χ1v) is 5.98. The zero-order valence-electron chi connectivity index (χ0n) is 11.8. The molecule has 0 amide bonds. The highest BCUT2D eigenvalue weighted by Crippen LogP contribution is 2.14. The molecule has 0 N–H and O–H groups in total. The first-order chi connectivity index (χ1) is 8.23. The summed E-state index contributed by atoms with van der Waals surface area (Å²) in [6, 6.07) is 0. The molecule has 0 aliphatic heterocycles. The molecular formula is C12H22N2O4. The molecule has 0 spiro atoms. The second-order valence-corrected chi connectivity index (χ2v) is 4.72. The van der Waals surface area contributed by atoms with Gasteiger partial charge in [-0.25, -0.2) is 0 Å². The summed E-state index contributed by atoms with van der Waals surface area (Å²) in [6.07, 6.45) is -1.31. The van der Waals surface area contributed by atoms with Crippen molar-refractivity contribution in [2.45, 2.75) is 54.0 Å². The van der Waals surface area contributed by atoms with Gasteiger partial charge in [-0.05, 0) is 0 Å². The van der Waals surface area contributed by atoms with Gasteiger partial charge in [0.2, 0.25) is 12.5 Å². The van der Waals surface area contributed by atoms with Crippen LogP contribution >= 0.6 is 0 Å². The molecule has 104 valence electrons. The fourth-order valence-corrected chi connectivity index (χ4v) is 1.06. The Labute approximate surface area is 108 Å². The molecule has 0 fully saturated rings. The van der Waals surface area contributed by atoms with E-state index in [1.165, 1.54) is 13.8 Å². The minimum Gasteiger partial charge on any atom is -0.438 e. The van der Waals surface area contributed by atoms with Crippen molar-refractivity contribution in [2.75, 3.05) is 0 Å². The number of carbonyl (C=O) groups excluding carboxylic acids is 2. The number of azo groups is 1. The Balaban J connectivity index is 4.69. The summed E-state index contributed by atoms with van der Waals surface area (Å²) in [4.78, 5) is 21.8. The van der Waals surface area contributed by atoms with Crippen LogP contribution in [0.15, 0.2) is 10.2 Å². The van der Waals surface area contributed by atoms with Crippen molar-refractivity contribution in [1.29, 1.82) is 0 Å². The maximum atomic E-state index is 10.9. The number of hydrogen-bond donors (Lipinski definition) is 0. The van der Waals surface area contributed by atoms with Gasteiger partial charge in [-0.15, -0.1) is 10.2 Å². The molecule has 0 aromatic carbocycles. The summed E-state index contributed by atoms with van der Waals surface area (Å²) < 4.78 is 10.0. The van der Waals surface area contributed by atoms with Crippen molar-refractivity contribution in [2.24, 2.45) is 22.1 Å². The fraction of sp³-hybridized carbons (Fsp3) is 0.833. The van der Waals surface area contributed by atoms with Crippen LogP contribution in [0.2, 0.25) is 0 Å². The minimum absolute atomic E-state index is 0.00258. The molecule has 6 heteroatoms. The maximum absolute atomic E-state index is 10.9. The van der Waals surface area contributed by atoms with E-state index in [9.17, 15) is 9.59 Å². The molecular weight excluding hydrogens is 236 g/mol. The van der Waals surface area contributed by atoms with Crippen LogP contribution in [0.3, 0.4) is 0 Å². The van der Waals surface area contributed by atoms with Gasteiger partial charge in [0.25, 0.3) is 0 Å². The van der Waals surface area contributed by atoms with Crippen molar-refractivity contribution in [3.63, 3.8) is 0 Å². The van der Waals surface area contributed by atoms with Crippen molar-refractivity contribution < 1.29 is 19.1 Å². The van der Waals surface area contributed by atoms with Gasteiger partial charge in [0.1, 0.15) is 0 Å². The summed E-state index contributed by atoms with van der Waals surface area (Å²) in [5, 5.41) is 7.89. The van der Waals surface area contributed by atoms with Gasteiger partial charge in [0.05, 0.1) is 0 Å². The average molecular weight is 258 g/mol. The Hall–Kier alpha value is -1.46. The van der Waals surface area contributed by atoms with E-state index in [0.29, 0.717) is 0 Å². The van der Waals surface area contributed by atoms with Gasteiger partial charge in [0, 0.05) is 25.7 Å². The highest BCUT2D eigenvalue weighted by Gasteiger charge is 2.19. The number of nitrogens with zero attached hydrogens (tertiary/aromatic N) is 2. The molecule has 0 radical (unpaired) electrons. The largest absolute Gasteiger partial charge is 0.438 e. The second kappa shape index (κ2) is 7.79. The highest BCUT2D eigenvalue weighted by molar-refractivity contribution is 5.66. The van der Waals surface area contributed by atoms with E-state index in [1.54, 1.807) is 0 Å². The van der Waals surface area contributed by atoms with E-state index >= 15 is 0 Å². The van der Waals surface area contributed by atoms with Crippen LogP contribution in [0.25, 0.3) is 0 Å². The first kappa shape index (κ1) is 16.5. The topological polar surface area (TPSA) is 77.3 Å². The Morgan fingerprint density at radius 1 is 0.778 bits per heavy atom. The van der Waals surface area contributed by atoms with Crippen molar-refractivity contribution in [3.05, 3.63) is 0 Å². The Morgan fingerprint density at radius 2 is 1.06 bits per heavy atom. The monoisotopic (exact) mass is 258 g/mol. The molecule has 0 aliphatic rings. The molecule has 0 bridgehead atoms. The van der Waals surface area contributed by atoms with Crippen LogP contribution in [-0.4, -0.2) is 24.4 Å². The summed E-state index contributed by atoms with van der Waals surface area (Å²) in [5.74, 6) is -0.826. The third-order valence-electron chi connectivity index (χ3n) is 2.01. The molecule has 0 saturated heterocycles. The minimum atomic E-state index is -0.653. The first-order valence-electron chi connectivity index (χ1n) is 5.98. The van der Waals surface area contributed by atoms with Crippen LogP contribution in [0.1, 0.15) is 41.5 Å². The van der Waals surface area contributed by atoms with Crippen LogP contribution in [0.4, 0.5) is 0 Å². The number of esters is 2. The summed E-state index contributed by atoms with van der Waals surface area (Å²) in [6.45, 7) is 10.1. The standard InChI is InChI=1S/C12H22N2O4/c1-7(2)11(17-9(5)15)13-14-12(8(3)4)18-10(6)16/h7-8,11-12H,1-6H3. The number of ether oxygens (including phenoxy) is 2. The molecule has 18 heavy (non-hydrogen) atoms. The van der Waals surface area contributed by atoms with E-state index in [2.05, 4.69) is 10.2 Å². The zero-order chi connectivity index (χ0) is 14.3. The third kappa shape index (κ3) is 6.98. The van der Waals surface area contributed by atoms with E-state index in [4.69, 9.17) is 9.47 Å². The molecule has 0 aromatic heterocycles. The lowest BCUT2D eigenvalue weighted by atomic mass is 10.2. The zero-order valence-corrected chi connectivity index (χ0v) is 11.8. The van der Waals surface area contributed by atoms with Gasteiger partial charge in [-0.2, -0.15) is 0 Å². The number of hydrogen-bond acceptors (Lipinski definition) is 6. The SMILES string of the molecule is CC(=O)OC(N=NC(OC(C)=O)C(C)C)C(C)C. The Morgan fingerprint density at radius 3 is 1.22 bits per heavy atom. The number of carbonyl (C=O) groups is 2. The van der Waals surface area contributed by atoms with Gasteiger partial charge in [-0.1, -0.05) is 27.7 Å². The summed E-state index contributed by atoms with van der Waals surface area (Å²) >= 11 is 0. The molecule has 2 unspecified atom stereocenters. The van der Waals surface area contributed by atoms with E-state index in [-0.39, 0.29) is 11.8 Å². The predicted octanol–water partition coefficient (Wildman–Crippen LogP) is 2.53. The smallest absolute Gasteiger partial charge is 0.304 e. The Kier molecular flexibility index (Phi) is 7.16. The molecule has 0 heterocycles. The highest BCUT2D eigenvalue weighted by atomic mass is 16.6. The lowest BCUT2D eigenvalue weighted by Gasteiger charge is -2.18. The molecule has 0 rings (SSSR count). The van der Waals surface area contributed by atoms with Gasteiger partial charge < -0.3 is 9.47 Å². The maximum Gasteiger partial charge on any atom is 0.304 e. The lowest BCUT2D eigenvalue weighted by molar-refractivity contribution is -0.151. The van der Waals surface area contributed by atoms with Crippen LogP contribution in [0.5, 0.6) is 0 Å². The van der Waals surface area contributed by atoms with Crippen LogP contribution < -0.4 is 0 Å². The second-order valence-electron chi connectivity index (χ2n) is 4.72. The predicted molar refractivity (Wildman–Crippen MR) is 65.6 cm³/mol. The third-order valence-corrected chi connectivity index (χ3v) is 2.01. The quantitative estimate of drug-likeness (QED) is 0.541. The van der Waals surface area contributed by atoms with Crippen molar-refractivity contribution >= 4 is 11.9 Å². The molecule has 2 atom stereocenters. The van der Waals surface area contributed by atoms with Crippen molar-refractivity contribution in [3.8, 4) is 0 Å². The van der Waals surface area contributed by atoms with E-state index in [0.717, 1.165) is 0 Å². The molecule has 0 aromatic rings. The molecule has 0 aliphatic carbocycles. The van der Waals surface area contributed by atoms with E-state index < -0.39 is 24.4 Å². The average Bonchev–Trinajstić information content (AvgIpc) is 2.20. The van der Waals surface area contributed by atoms with Crippen molar-refractivity contribution in [1.82, 2.24) is 0 Å². The van der Waals surface area contributed by atoms with Gasteiger partial charge in [0.15, 0.2) is 0 Å². The normalized spacial score (nSPS) is 14.9. The van der Waals surface area contributed by atoms with Crippen LogP contribution in [-0.2, 0) is 19.1 Å². The fourth-order valence-electron chi connectivity index (χ4n) is 1.06. The van der Waals surface area contributed by atoms with Crippen LogP contribution in [0, 0.1) is 11.8 Å². The summed E-state index contributed by atoms with van der Waals surface area (Å²) in [5.41, 5.74) is 0. The van der Waals surface area contributed by atoms with Gasteiger partial charge in [-0.3, -0.25) is 9.59 Å². The van der Waals surface area contributed by atoms with Gasteiger partial charge >= 0.3 is 11.9 Å². The van der Waals surface area contributed by atoms with E-state index in [1.807, 2.05) is 27.7 Å². The molecule has 6 nitrogen and oxygen atoms in total. The number of rotatable bonds is 6. The molecule has 0 saturated carbocycles. The Bertz CT molecular complexity index is 283. The lowest BCUT2D eigenvalue weighted by Crippen LogP contribution is -2.23. The summed E-state index contributed by atoms with van der Waals surface area (Å²) in [7, 11) is 0.